The van der Waals surface area contributed by atoms with Crippen molar-refractivity contribution in [2.24, 2.45) is 5.92 Å². The number of halogens is 1. The van der Waals surface area contributed by atoms with E-state index in [4.69, 9.17) is 0 Å². The van der Waals surface area contributed by atoms with Gasteiger partial charge in [-0.25, -0.2) is 4.98 Å². The van der Waals surface area contributed by atoms with E-state index in [1.165, 1.54) is 10.6 Å². The Morgan fingerprint density at radius 1 is 1.50 bits per heavy atom. The van der Waals surface area contributed by atoms with E-state index in [-0.39, 0.29) is 5.41 Å². The number of thiazole rings is 1. The van der Waals surface area contributed by atoms with Gasteiger partial charge in [-0.1, -0.05) is 56.1 Å². The van der Waals surface area contributed by atoms with Crippen LogP contribution in [0.15, 0.2) is 11.0 Å². The Balaban J connectivity index is 2.95. The van der Waals surface area contributed by atoms with E-state index in [9.17, 15) is 0 Å². The van der Waals surface area contributed by atoms with Gasteiger partial charge in [0.2, 0.25) is 0 Å². The molecule has 0 fully saturated rings. The van der Waals surface area contributed by atoms with Crippen LogP contribution in [0.25, 0.3) is 6.08 Å². The lowest BCUT2D eigenvalue weighted by atomic mass is 9.98. The van der Waals surface area contributed by atoms with Gasteiger partial charge in [-0.15, -0.1) is 11.3 Å². The average molecular weight is 302 g/mol. The molecule has 1 heterocycles. The van der Waals surface area contributed by atoms with E-state index >= 15 is 0 Å². The van der Waals surface area contributed by atoms with Crippen molar-refractivity contribution in [1.82, 2.24) is 4.98 Å². The molecule has 0 bridgehead atoms. The predicted molar refractivity (Wildman–Crippen MR) is 77.4 cm³/mol. The molecule has 90 valence electrons. The molecule has 0 atom stereocenters. The molecule has 0 saturated heterocycles. The normalized spacial score (nSPS) is 13.6. The fourth-order valence-corrected chi connectivity index (χ4v) is 2.92. The Kier molecular flexibility index (Phi) is 4.74. The minimum Gasteiger partial charge on any atom is -0.241 e. The van der Waals surface area contributed by atoms with Crippen LogP contribution in [0.1, 0.15) is 45.3 Å². The zero-order valence-electron chi connectivity index (χ0n) is 10.7. The zero-order valence-corrected chi connectivity index (χ0v) is 13.1. The Morgan fingerprint density at radius 3 is 2.50 bits per heavy atom. The molecule has 1 aromatic rings. The van der Waals surface area contributed by atoms with E-state index in [2.05, 4.69) is 67.0 Å². The van der Waals surface area contributed by atoms with Gasteiger partial charge >= 0.3 is 0 Å². The summed E-state index contributed by atoms with van der Waals surface area (Å²) in [5, 5.41) is 4.27. The molecule has 0 saturated carbocycles. The van der Waals surface area contributed by atoms with E-state index < -0.39 is 0 Å². The van der Waals surface area contributed by atoms with Gasteiger partial charge in [0, 0.05) is 16.1 Å². The van der Waals surface area contributed by atoms with Crippen LogP contribution in [0.3, 0.4) is 0 Å². The number of hydrogen-bond donors (Lipinski definition) is 0. The summed E-state index contributed by atoms with van der Waals surface area (Å²) in [6.07, 6.45) is 2.20. The monoisotopic (exact) mass is 301 g/mol. The largest absolute Gasteiger partial charge is 0.241 e. The molecule has 0 aromatic carbocycles. The molecule has 1 nitrogen and oxygen atoms in total. The third-order valence-electron chi connectivity index (χ3n) is 2.39. The second-order valence-corrected chi connectivity index (χ2v) is 6.75. The first-order chi connectivity index (χ1) is 7.34. The topological polar surface area (TPSA) is 12.9 Å². The zero-order chi connectivity index (χ0) is 12.3. The van der Waals surface area contributed by atoms with Gasteiger partial charge < -0.3 is 0 Å². The van der Waals surface area contributed by atoms with Crippen LogP contribution in [0.5, 0.6) is 0 Å². The van der Waals surface area contributed by atoms with Crippen molar-refractivity contribution in [2.45, 2.75) is 40.0 Å². The maximum Gasteiger partial charge on any atom is 0.0985 e. The Labute approximate surface area is 111 Å². The number of aromatic nitrogens is 1. The second kappa shape index (κ2) is 5.46. The molecule has 0 aliphatic rings. The van der Waals surface area contributed by atoms with Crippen molar-refractivity contribution in [1.29, 1.82) is 0 Å². The number of hydrogen-bond acceptors (Lipinski definition) is 2. The summed E-state index contributed by atoms with van der Waals surface area (Å²) in [5.41, 5.74) is 2.65. The van der Waals surface area contributed by atoms with Crippen molar-refractivity contribution in [2.75, 3.05) is 5.33 Å². The molecule has 0 N–H and O–H groups in total. The first-order valence-electron chi connectivity index (χ1n) is 5.57. The highest BCUT2D eigenvalue weighted by Crippen LogP contribution is 2.27. The number of nitrogens with zero attached hydrogens (tertiary/aromatic N) is 1. The number of alkyl halides is 1. The summed E-state index contributed by atoms with van der Waals surface area (Å²) in [6.45, 7) is 11.0. The molecule has 0 amide bonds. The van der Waals surface area contributed by atoms with Crippen molar-refractivity contribution >= 4 is 33.3 Å². The summed E-state index contributed by atoms with van der Waals surface area (Å²) < 4.78 is 0. The molecule has 16 heavy (non-hydrogen) atoms. The number of rotatable bonds is 3. The SMILES string of the molecule is CC(C)C(=Cc1csc(C(C)(C)C)n1)CBr. The first-order valence-corrected chi connectivity index (χ1v) is 7.57. The molecular weight excluding hydrogens is 282 g/mol. The van der Waals surface area contributed by atoms with E-state index in [1.54, 1.807) is 11.3 Å². The van der Waals surface area contributed by atoms with Crippen LogP contribution < -0.4 is 0 Å². The predicted octanol–water partition coefficient (Wildman–Crippen LogP) is 4.87. The maximum atomic E-state index is 4.67. The maximum absolute atomic E-state index is 4.67. The van der Waals surface area contributed by atoms with E-state index in [0.29, 0.717) is 5.92 Å². The highest BCUT2D eigenvalue weighted by atomic mass is 79.9. The van der Waals surface area contributed by atoms with Crippen LogP contribution in [0.2, 0.25) is 0 Å². The van der Waals surface area contributed by atoms with Crippen LogP contribution in [-0.2, 0) is 5.41 Å². The lowest BCUT2D eigenvalue weighted by Gasteiger charge is -2.13. The van der Waals surface area contributed by atoms with Gasteiger partial charge in [0.25, 0.3) is 0 Å². The standard InChI is InChI=1S/C13H20BrNS/c1-9(2)10(7-14)6-11-8-16-12(15-11)13(3,4)5/h6,8-9H,7H2,1-5H3. The van der Waals surface area contributed by atoms with Crippen molar-refractivity contribution in [3.05, 3.63) is 21.7 Å². The molecule has 0 unspecified atom stereocenters. The van der Waals surface area contributed by atoms with Gasteiger partial charge in [0.05, 0.1) is 10.7 Å². The molecular formula is C13H20BrNS. The van der Waals surface area contributed by atoms with Crippen molar-refractivity contribution in [3.8, 4) is 0 Å². The summed E-state index contributed by atoms with van der Waals surface area (Å²) in [5.74, 6) is 0.569. The van der Waals surface area contributed by atoms with Gasteiger partial charge in [0.15, 0.2) is 0 Å². The average Bonchev–Trinajstić information content (AvgIpc) is 2.61. The van der Waals surface area contributed by atoms with Crippen molar-refractivity contribution < 1.29 is 0 Å². The quantitative estimate of drug-likeness (QED) is 0.726. The molecule has 1 aromatic heterocycles. The first kappa shape index (κ1) is 13.9. The molecule has 0 aliphatic heterocycles. The number of allylic oxidation sites excluding steroid dienone is 1. The second-order valence-electron chi connectivity index (χ2n) is 5.34. The highest BCUT2D eigenvalue weighted by molar-refractivity contribution is 9.09. The third-order valence-corrected chi connectivity index (χ3v) is 4.33. The van der Waals surface area contributed by atoms with Gasteiger partial charge in [-0.2, -0.15) is 0 Å². The van der Waals surface area contributed by atoms with Crippen molar-refractivity contribution in [3.63, 3.8) is 0 Å². The summed E-state index contributed by atoms with van der Waals surface area (Å²) in [4.78, 5) is 4.67. The Bertz CT molecular complexity index is 372. The molecule has 1 rings (SSSR count). The summed E-state index contributed by atoms with van der Waals surface area (Å²) >= 11 is 5.28. The minimum atomic E-state index is 0.156. The molecule has 0 aliphatic carbocycles. The minimum absolute atomic E-state index is 0.156. The fourth-order valence-electron chi connectivity index (χ4n) is 1.25. The fraction of sp³-hybridized carbons (Fsp3) is 0.615. The molecule has 0 spiro atoms. The van der Waals surface area contributed by atoms with Gasteiger partial charge in [-0.3, -0.25) is 0 Å². The van der Waals surface area contributed by atoms with Gasteiger partial charge in [0.1, 0.15) is 0 Å². The molecule has 0 radical (unpaired) electrons. The lowest BCUT2D eigenvalue weighted by molar-refractivity contribution is 0.585. The van der Waals surface area contributed by atoms with Crippen LogP contribution >= 0.6 is 27.3 Å². The van der Waals surface area contributed by atoms with Crippen LogP contribution in [-0.4, -0.2) is 10.3 Å². The Morgan fingerprint density at radius 2 is 2.12 bits per heavy atom. The Hall–Kier alpha value is -0.150. The van der Waals surface area contributed by atoms with E-state index in [1.807, 2.05) is 0 Å². The lowest BCUT2D eigenvalue weighted by Crippen LogP contribution is -2.10. The van der Waals surface area contributed by atoms with E-state index in [0.717, 1.165) is 11.0 Å². The summed E-state index contributed by atoms with van der Waals surface area (Å²) in [6, 6.07) is 0. The highest BCUT2D eigenvalue weighted by Gasteiger charge is 2.17. The van der Waals surface area contributed by atoms with Crippen LogP contribution in [0.4, 0.5) is 0 Å². The van der Waals surface area contributed by atoms with Crippen LogP contribution in [0, 0.1) is 5.92 Å². The molecule has 3 heteroatoms. The smallest absolute Gasteiger partial charge is 0.0985 e. The third kappa shape index (κ3) is 3.70. The van der Waals surface area contributed by atoms with Gasteiger partial charge in [-0.05, 0) is 12.0 Å². The summed E-state index contributed by atoms with van der Waals surface area (Å²) in [7, 11) is 0.